The van der Waals surface area contributed by atoms with Crippen LogP contribution in [0, 0.1) is 5.92 Å². The summed E-state index contributed by atoms with van der Waals surface area (Å²) in [6.07, 6.45) is 0.869. The third-order valence-corrected chi connectivity index (χ3v) is 7.41. The molecule has 3 aromatic carbocycles. The number of carbonyl (C=O) groups excluding carboxylic acids is 2. The van der Waals surface area contributed by atoms with Crippen molar-refractivity contribution >= 4 is 35.2 Å². The van der Waals surface area contributed by atoms with Crippen molar-refractivity contribution in [1.82, 2.24) is 10.2 Å². The number of amides is 2. The van der Waals surface area contributed by atoms with E-state index in [4.69, 9.17) is 11.6 Å². The fourth-order valence-electron chi connectivity index (χ4n) is 4.16. The molecule has 2 atom stereocenters. The number of thioether (sulfide) groups is 1. The second-order valence-electron chi connectivity index (χ2n) is 9.00. The Hall–Kier alpha value is -2.76. The highest BCUT2D eigenvalue weighted by atomic mass is 35.5. The first-order valence-electron chi connectivity index (χ1n) is 11.5. The number of halogens is 1. The van der Waals surface area contributed by atoms with Crippen molar-refractivity contribution in [3.63, 3.8) is 0 Å². The summed E-state index contributed by atoms with van der Waals surface area (Å²) in [5.74, 6) is 0.936. The molecule has 0 spiro atoms. The minimum absolute atomic E-state index is 0.0359. The molecule has 1 saturated heterocycles. The van der Waals surface area contributed by atoms with E-state index in [2.05, 4.69) is 31.3 Å². The van der Waals surface area contributed by atoms with Gasteiger partial charge >= 0.3 is 0 Å². The van der Waals surface area contributed by atoms with Crippen LogP contribution in [0.4, 0.5) is 0 Å². The summed E-state index contributed by atoms with van der Waals surface area (Å²) in [5.41, 5.74) is 3.79. The van der Waals surface area contributed by atoms with Gasteiger partial charge in [0, 0.05) is 17.1 Å². The predicted octanol–water partition coefficient (Wildman–Crippen LogP) is 6.63. The molecule has 4 nitrogen and oxygen atoms in total. The maximum absolute atomic E-state index is 13.0. The van der Waals surface area contributed by atoms with Crippen LogP contribution in [0.3, 0.4) is 0 Å². The summed E-state index contributed by atoms with van der Waals surface area (Å²) < 4.78 is 0. The molecule has 4 rings (SSSR count). The Morgan fingerprint density at radius 1 is 1.03 bits per heavy atom. The first-order chi connectivity index (χ1) is 16.4. The zero-order chi connectivity index (χ0) is 24.1. The highest BCUT2D eigenvalue weighted by Crippen LogP contribution is 2.39. The quantitative estimate of drug-likeness (QED) is 0.384. The molecule has 1 N–H and O–H groups in total. The van der Waals surface area contributed by atoms with Crippen molar-refractivity contribution in [2.45, 2.75) is 38.2 Å². The fourth-order valence-corrected chi connectivity index (χ4v) is 5.48. The van der Waals surface area contributed by atoms with Gasteiger partial charge < -0.3 is 10.2 Å². The van der Waals surface area contributed by atoms with Gasteiger partial charge in [-0.3, -0.25) is 9.59 Å². The standard InChI is InChI=1S/C28H29ClN2O2S/c1-19(2)16-25(21-6-4-3-5-7-21)30-27(33)22-10-12-23(13-11-22)28-31(26(32)18-34-28)17-20-8-14-24(29)15-9-20/h3-15,19,25,28H,16-18H2,1-2H3,(H,30,33)/t25-,28-/m0/s1. The summed E-state index contributed by atoms with van der Waals surface area (Å²) >= 11 is 7.61. The van der Waals surface area contributed by atoms with Crippen molar-refractivity contribution in [1.29, 1.82) is 0 Å². The zero-order valence-electron chi connectivity index (χ0n) is 19.4. The summed E-state index contributed by atoms with van der Waals surface area (Å²) in [6.45, 7) is 4.85. The Kier molecular flexibility index (Phi) is 7.96. The van der Waals surface area contributed by atoms with Gasteiger partial charge in [-0.1, -0.05) is 80.0 Å². The van der Waals surface area contributed by atoms with E-state index in [1.54, 1.807) is 11.8 Å². The van der Waals surface area contributed by atoms with Gasteiger partial charge in [0.05, 0.1) is 11.8 Å². The minimum atomic E-state index is -0.0887. The van der Waals surface area contributed by atoms with Crippen LogP contribution in [0.15, 0.2) is 78.9 Å². The molecule has 1 heterocycles. The van der Waals surface area contributed by atoms with E-state index in [0.717, 1.165) is 23.1 Å². The molecular formula is C28H29ClN2O2S. The van der Waals surface area contributed by atoms with E-state index in [1.807, 2.05) is 71.6 Å². The molecule has 3 aromatic rings. The van der Waals surface area contributed by atoms with Crippen LogP contribution < -0.4 is 5.32 Å². The van der Waals surface area contributed by atoms with Gasteiger partial charge in [-0.25, -0.2) is 0 Å². The molecule has 0 bridgehead atoms. The maximum atomic E-state index is 13.0. The normalized spacial score (nSPS) is 16.6. The van der Waals surface area contributed by atoms with Crippen LogP contribution in [-0.4, -0.2) is 22.5 Å². The number of nitrogens with zero attached hydrogens (tertiary/aromatic N) is 1. The van der Waals surface area contributed by atoms with Crippen molar-refractivity contribution in [2.75, 3.05) is 5.75 Å². The second kappa shape index (κ2) is 11.1. The lowest BCUT2D eigenvalue weighted by Crippen LogP contribution is -2.29. The average Bonchev–Trinajstić information content (AvgIpc) is 3.20. The highest BCUT2D eigenvalue weighted by Gasteiger charge is 2.32. The van der Waals surface area contributed by atoms with Crippen molar-refractivity contribution in [3.05, 3.63) is 106 Å². The number of nitrogens with one attached hydrogen (secondary N) is 1. The van der Waals surface area contributed by atoms with E-state index in [-0.39, 0.29) is 23.2 Å². The van der Waals surface area contributed by atoms with Crippen LogP contribution in [0.1, 0.15) is 58.7 Å². The number of rotatable bonds is 8. The largest absolute Gasteiger partial charge is 0.345 e. The third kappa shape index (κ3) is 6.02. The van der Waals surface area contributed by atoms with Gasteiger partial charge in [-0.2, -0.15) is 0 Å². The number of hydrogen-bond donors (Lipinski definition) is 1. The molecule has 0 radical (unpaired) electrons. The minimum Gasteiger partial charge on any atom is -0.345 e. The molecule has 34 heavy (non-hydrogen) atoms. The summed E-state index contributed by atoms with van der Waals surface area (Å²) in [7, 11) is 0. The SMILES string of the molecule is CC(C)C[C@H](NC(=O)c1ccc([C@@H]2SCC(=O)N2Cc2ccc(Cl)cc2)cc1)c1ccccc1. The molecule has 1 aliphatic heterocycles. The van der Waals surface area contributed by atoms with Gasteiger partial charge in [0.25, 0.3) is 5.91 Å². The lowest BCUT2D eigenvalue weighted by atomic mass is 9.96. The Morgan fingerprint density at radius 3 is 2.35 bits per heavy atom. The Bertz CT molecular complexity index is 1120. The van der Waals surface area contributed by atoms with Crippen LogP contribution in [0.25, 0.3) is 0 Å². The summed E-state index contributed by atoms with van der Waals surface area (Å²) in [4.78, 5) is 27.5. The van der Waals surface area contributed by atoms with Crippen LogP contribution in [0.5, 0.6) is 0 Å². The summed E-state index contributed by atoms with van der Waals surface area (Å²) in [6, 6.07) is 25.3. The predicted molar refractivity (Wildman–Crippen MR) is 140 cm³/mol. The fraction of sp³-hybridized carbons (Fsp3) is 0.286. The number of carbonyl (C=O) groups is 2. The lowest BCUT2D eigenvalue weighted by molar-refractivity contribution is -0.128. The molecule has 2 amide bonds. The molecule has 1 fully saturated rings. The van der Waals surface area contributed by atoms with Gasteiger partial charge in [0.2, 0.25) is 5.91 Å². The van der Waals surface area contributed by atoms with E-state index in [0.29, 0.717) is 28.8 Å². The molecule has 6 heteroatoms. The lowest BCUT2D eigenvalue weighted by Gasteiger charge is -2.25. The van der Waals surface area contributed by atoms with Crippen molar-refractivity contribution < 1.29 is 9.59 Å². The van der Waals surface area contributed by atoms with E-state index in [9.17, 15) is 9.59 Å². The molecule has 0 aromatic heterocycles. The molecule has 0 aliphatic carbocycles. The maximum Gasteiger partial charge on any atom is 0.251 e. The number of hydrogen-bond acceptors (Lipinski definition) is 3. The second-order valence-corrected chi connectivity index (χ2v) is 10.5. The third-order valence-electron chi connectivity index (χ3n) is 5.91. The van der Waals surface area contributed by atoms with E-state index in [1.165, 1.54) is 0 Å². The molecular weight excluding hydrogens is 464 g/mol. The Balaban J connectivity index is 1.46. The monoisotopic (exact) mass is 492 g/mol. The highest BCUT2D eigenvalue weighted by molar-refractivity contribution is 8.00. The first kappa shape index (κ1) is 24.4. The van der Waals surface area contributed by atoms with Crippen LogP contribution in [-0.2, 0) is 11.3 Å². The summed E-state index contributed by atoms with van der Waals surface area (Å²) in [5, 5.41) is 3.81. The topological polar surface area (TPSA) is 49.4 Å². The molecule has 176 valence electrons. The Morgan fingerprint density at radius 2 is 1.71 bits per heavy atom. The number of benzene rings is 3. The van der Waals surface area contributed by atoms with Crippen molar-refractivity contribution in [3.8, 4) is 0 Å². The molecule has 0 saturated carbocycles. The van der Waals surface area contributed by atoms with Crippen LogP contribution in [0.2, 0.25) is 5.02 Å². The molecule has 1 aliphatic rings. The molecule has 0 unspecified atom stereocenters. The van der Waals surface area contributed by atoms with E-state index >= 15 is 0 Å². The van der Waals surface area contributed by atoms with Gasteiger partial charge in [-0.15, -0.1) is 11.8 Å². The average molecular weight is 493 g/mol. The van der Waals surface area contributed by atoms with Gasteiger partial charge in [0.15, 0.2) is 0 Å². The Labute approximate surface area is 210 Å². The van der Waals surface area contributed by atoms with Gasteiger partial charge in [0.1, 0.15) is 5.37 Å². The van der Waals surface area contributed by atoms with Gasteiger partial charge in [-0.05, 0) is 53.3 Å². The van der Waals surface area contributed by atoms with Crippen molar-refractivity contribution in [2.24, 2.45) is 5.92 Å². The first-order valence-corrected chi connectivity index (χ1v) is 12.9. The smallest absolute Gasteiger partial charge is 0.251 e. The van der Waals surface area contributed by atoms with Crippen LogP contribution >= 0.6 is 23.4 Å². The van der Waals surface area contributed by atoms with E-state index < -0.39 is 0 Å². The zero-order valence-corrected chi connectivity index (χ0v) is 21.0.